The summed E-state index contributed by atoms with van der Waals surface area (Å²) in [6.45, 7) is 3.30. The van der Waals surface area contributed by atoms with Gasteiger partial charge in [0.25, 0.3) is 5.69 Å². The molecule has 0 aliphatic carbocycles. The van der Waals surface area contributed by atoms with Crippen LogP contribution < -0.4 is 4.74 Å². The molecule has 0 N–H and O–H groups in total. The van der Waals surface area contributed by atoms with E-state index in [4.69, 9.17) is 21.6 Å². The standard InChI is InChI=1S/C14H10ClN3O3/c1-8-6-12(9(2)5-11(8)18(19)20)21-14-13(15)10(7-16)3-4-17-14/h3-6H,1-2H3. The number of rotatable bonds is 3. The quantitative estimate of drug-likeness (QED) is 0.633. The number of aromatic nitrogens is 1. The molecule has 1 aromatic heterocycles. The fraction of sp³-hybridized carbons (Fsp3) is 0.143. The SMILES string of the molecule is Cc1cc([N+](=O)[O-])c(C)cc1Oc1nccc(C#N)c1Cl. The van der Waals surface area contributed by atoms with Gasteiger partial charge in [0.2, 0.25) is 5.88 Å². The minimum absolute atomic E-state index is 0.0182. The third-order valence-electron chi connectivity index (χ3n) is 2.87. The maximum absolute atomic E-state index is 10.9. The first-order valence-electron chi connectivity index (χ1n) is 5.92. The number of hydrogen-bond acceptors (Lipinski definition) is 5. The van der Waals surface area contributed by atoms with Crippen LogP contribution in [0.25, 0.3) is 0 Å². The zero-order valence-electron chi connectivity index (χ0n) is 11.3. The molecule has 0 saturated carbocycles. The lowest BCUT2D eigenvalue weighted by molar-refractivity contribution is -0.385. The summed E-state index contributed by atoms with van der Waals surface area (Å²) in [6.07, 6.45) is 1.41. The molecule has 0 unspecified atom stereocenters. The number of aryl methyl sites for hydroxylation is 2. The van der Waals surface area contributed by atoms with Gasteiger partial charge in [0.1, 0.15) is 16.8 Å². The van der Waals surface area contributed by atoms with Crippen LogP contribution in [0.2, 0.25) is 5.02 Å². The van der Waals surface area contributed by atoms with E-state index >= 15 is 0 Å². The van der Waals surface area contributed by atoms with Gasteiger partial charge in [-0.2, -0.15) is 5.26 Å². The number of nitriles is 1. The second-order valence-corrected chi connectivity index (χ2v) is 4.73. The van der Waals surface area contributed by atoms with Gasteiger partial charge in [-0.3, -0.25) is 10.1 Å². The van der Waals surface area contributed by atoms with Crippen LogP contribution in [-0.2, 0) is 0 Å². The molecule has 106 valence electrons. The molecule has 2 rings (SSSR count). The molecule has 0 radical (unpaired) electrons. The number of halogens is 1. The van der Waals surface area contributed by atoms with Crippen LogP contribution in [0, 0.1) is 35.3 Å². The molecule has 0 amide bonds. The molecule has 0 spiro atoms. The van der Waals surface area contributed by atoms with E-state index in [1.165, 1.54) is 18.3 Å². The molecule has 0 aliphatic rings. The van der Waals surface area contributed by atoms with Crippen LogP contribution in [0.3, 0.4) is 0 Å². The Hall–Kier alpha value is -2.65. The van der Waals surface area contributed by atoms with Crippen molar-refractivity contribution in [2.75, 3.05) is 0 Å². The summed E-state index contributed by atoms with van der Waals surface area (Å²) in [5.74, 6) is 0.495. The highest BCUT2D eigenvalue weighted by molar-refractivity contribution is 6.33. The Morgan fingerprint density at radius 2 is 2.10 bits per heavy atom. The lowest BCUT2D eigenvalue weighted by Gasteiger charge is -2.10. The normalized spacial score (nSPS) is 10.0. The van der Waals surface area contributed by atoms with E-state index in [1.807, 2.05) is 6.07 Å². The van der Waals surface area contributed by atoms with E-state index in [-0.39, 0.29) is 22.2 Å². The second-order valence-electron chi connectivity index (χ2n) is 4.35. The van der Waals surface area contributed by atoms with Gasteiger partial charge in [-0.25, -0.2) is 4.98 Å². The number of benzene rings is 1. The Morgan fingerprint density at radius 1 is 1.38 bits per heavy atom. The topological polar surface area (TPSA) is 89.1 Å². The van der Waals surface area contributed by atoms with Crippen molar-refractivity contribution in [3.8, 4) is 17.7 Å². The van der Waals surface area contributed by atoms with Gasteiger partial charge in [0, 0.05) is 17.8 Å². The van der Waals surface area contributed by atoms with Gasteiger partial charge in [-0.1, -0.05) is 11.6 Å². The molecule has 0 bridgehead atoms. The van der Waals surface area contributed by atoms with E-state index in [0.717, 1.165) is 0 Å². The molecule has 0 aliphatic heterocycles. The van der Waals surface area contributed by atoms with Crippen molar-refractivity contribution in [2.24, 2.45) is 0 Å². The molecule has 7 heteroatoms. The zero-order valence-corrected chi connectivity index (χ0v) is 12.0. The summed E-state index contributed by atoms with van der Waals surface area (Å²) in [7, 11) is 0. The predicted octanol–water partition coefficient (Wildman–Crippen LogP) is 3.92. The first-order valence-corrected chi connectivity index (χ1v) is 6.30. The van der Waals surface area contributed by atoms with E-state index < -0.39 is 4.92 Å². The Balaban J connectivity index is 2.44. The highest BCUT2D eigenvalue weighted by Gasteiger charge is 2.16. The molecule has 2 aromatic rings. The first-order chi connectivity index (χ1) is 9.93. The number of nitro benzene ring substituents is 1. The maximum atomic E-state index is 10.9. The lowest BCUT2D eigenvalue weighted by atomic mass is 10.1. The molecule has 1 aromatic carbocycles. The molecule has 0 saturated heterocycles. The number of ether oxygens (including phenoxy) is 1. The maximum Gasteiger partial charge on any atom is 0.272 e. The highest BCUT2D eigenvalue weighted by Crippen LogP contribution is 2.34. The van der Waals surface area contributed by atoms with Crippen molar-refractivity contribution in [1.82, 2.24) is 4.98 Å². The Bertz CT molecular complexity index is 769. The first kappa shape index (κ1) is 14.8. The Labute approximate surface area is 125 Å². The fourth-order valence-corrected chi connectivity index (χ4v) is 1.96. The van der Waals surface area contributed by atoms with Crippen LogP contribution in [0.5, 0.6) is 11.6 Å². The zero-order chi connectivity index (χ0) is 15.6. The van der Waals surface area contributed by atoms with Gasteiger partial charge in [0.15, 0.2) is 0 Å². The smallest absolute Gasteiger partial charge is 0.272 e. The van der Waals surface area contributed by atoms with Crippen molar-refractivity contribution in [3.05, 3.63) is 56.2 Å². The van der Waals surface area contributed by atoms with E-state index in [1.54, 1.807) is 19.9 Å². The molecule has 6 nitrogen and oxygen atoms in total. The largest absolute Gasteiger partial charge is 0.437 e. The summed E-state index contributed by atoms with van der Waals surface area (Å²) < 4.78 is 5.58. The summed E-state index contributed by atoms with van der Waals surface area (Å²) in [5, 5.41) is 19.9. The van der Waals surface area contributed by atoms with Crippen molar-refractivity contribution in [3.63, 3.8) is 0 Å². The van der Waals surface area contributed by atoms with Crippen molar-refractivity contribution in [2.45, 2.75) is 13.8 Å². The average Bonchev–Trinajstić information content (AvgIpc) is 2.44. The summed E-state index contributed by atoms with van der Waals surface area (Å²) in [4.78, 5) is 14.4. The molecule has 21 heavy (non-hydrogen) atoms. The van der Waals surface area contributed by atoms with Crippen LogP contribution in [0.4, 0.5) is 5.69 Å². The summed E-state index contributed by atoms with van der Waals surface area (Å²) in [6, 6.07) is 6.38. The van der Waals surface area contributed by atoms with Gasteiger partial charge < -0.3 is 4.74 Å². The number of hydrogen-bond donors (Lipinski definition) is 0. The lowest BCUT2D eigenvalue weighted by Crippen LogP contribution is -1.97. The predicted molar refractivity (Wildman–Crippen MR) is 76.6 cm³/mol. The molecular formula is C14H10ClN3O3. The van der Waals surface area contributed by atoms with Crippen LogP contribution >= 0.6 is 11.6 Å². The van der Waals surface area contributed by atoms with Gasteiger partial charge in [0.05, 0.1) is 10.5 Å². The van der Waals surface area contributed by atoms with Gasteiger partial charge in [-0.15, -0.1) is 0 Å². The van der Waals surface area contributed by atoms with Crippen molar-refractivity contribution < 1.29 is 9.66 Å². The van der Waals surface area contributed by atoms with Crippen LogP contribution in [-0.4, -0.2) is 9.91 Å². The third-order valence-corrected chi connectivity index (χ3v) is 3.24. The van der Waals surface area contributed by atoms with Crippen molar-refractivity contribution >= 4 is 17.3 Å². The average molecular weight is 304 g/mol. The van der Waals surface area contributed by atoms with Crippen LogP contribution in [0.15, 0.2) is 24.4 Å². The highest BCUT2D eigenvalue weighted by atomic mass is 35.5. The minimum Gasteiger partial charge on any atom is -0.437 e. The van der Waals surface area contributed by atoms with Crippen LogP contribution in [0.1, 0.15) is 16.7 Å². The monoisotopic (exact) mass is 303 g/mol. The van der Waals surface area contributed by atoms with Crippen molar-refractivity contribution in [1.29, 1.82) is 5.26 Å². The van der Waals surface area contributed by atoms with Gasteiger partial charge >= 0.3 is 0 Å². The Kier molecular flexibility index (Phi) is 4.05. The Morgan fingerprint density at radius 3 is 2.71 bits per heavy atom. The number of nitrogens with zero attached hydrogens (tertiary/aromatic N) is 3. The third kappa shape index (κ3) is 2.93. The number of pyridine rings is 1. The summed E-state index contributed by atoms with van der Waals surface area (Å²) in [5.41, 5.74) is 1.31. The summed E-state index contributed by atoms with van der Waals surface area (Å²) >= 11 is 6.01. The van der Waals surface area contributed by atoms with E-state index in [0.29, 0.717) is 16.9 Å². The minimum atomic E-state index is -0.451. The molecule has 1 heterocycles. The molecule has 0 atom stereocenters. The molecule has 0 fully saturated rings. The second kappa shape index (κ2) is 5.77. The number of nitro groups is 1. The molecular weight excluding hydrogens is 294 g/mol. The fourth-order valence-electron chi connectivity index (χ4n) is 1.77. The van der Waals surface area contributed by atoms with Gasteiger partial charge in [-0.05, 0) is 31.5 Å². The van der Waals surface area contributed by atoms with E-state index in [9.17, 15) is 10.1 Å². The van der Waals surface area contributed by atoms with E-state index in [2.05, 4.69) is 4.98 Å².